The predicted octanol–water partition coefficient (Wildman–Crippen LogP) is 0.863. The monoisotopic (exact) mass is 296 g/mol. The van der Waals surface area contributed by atoms with Crippen LogP contribution >= 0.6 is 24.0 Å². The lowest BCUT2D eigenvalue weighted by atomic mass is 10.2. The summed E-state index contributed by atoms with van der Waals surface area (Å²) in [4.78, 5) is 21.2. The number of nitro groups is 1. The van der Waals surface area contributed by atoms with Gasteiger partial charge >= 0.3 is 0 Å². The minimum absolute atomic E-state index is 0.232. The molecule has 98 valence electrons. The fourth-order valence-corrected chi connectivity index (χ4v) is 2.31. The average molecular weight is 296 g/mol. The van der Waals surface area contributed by atoms with Gasteiger partial charge in [0.1, 0.15) is 0 Å². The zero-order chi connectivity index (χ0) is 14.0. The van der Waals surface area contributed by atoms with Gasteiger partial charge in [-0.15, -0.1) is 0 Å². The van der Waals surface area contributed by atoms with E-state index in [1.807, 2.05) is 0 Å². The summed E-state index contributed by atoms with van der Waals surface area (Å²) in [6.07, 6.45) is 1.25. The highest BCUT2D eigenvalue weighted by Crippen LogP contribution is 2.23. The lowest BCUT2D eigenvalue weighted by Gasteiger charge is -2.08. The Kier molecular flexibility index (Phi) is 3.76. The highest BCUT2D eigenvalue weighted by Gasteiger charge is 2.25. The first-order valence-corrected chi connectivity index (χ1v) is 6.37. The van der Waals surface area contributed by atoms with Crippen LogP contribution in [0.5, 0.6) is 5.75 Å². The molecule has 9 heteroatoms. The van der Waals surface area contributed by atoms with Crippen LogP contribution in [-0.4, -0.2) is 32.1 Å². The summed E-state index contributed by atoms with van der Waals surface area (Å²) in [5.74, 6) is -0.692. The Balaban J connectivity index is 2.24. The summed E-state index contributed by atoms with van der Waals surface area (Å²) < 4.78 is 0.330. The summed E-state index contributed by atoms with van der Waals surface area (Å²) in [5.41, 5.74) is -0.188. The Bertz CT molecular complexity index is 586. The number of carbonyl (C=O) groups is 1. The largest absolute Gasteiger partial charge is 0.868 e. The molecule has 0 unspecified atom stereocenters. The molecule has 1 aromatic rings. The standard InChI is InChI=1S/C10H7N3O4S2/c14-8-2-1-6(3-7(8)13(16)17)4-11-12-9(15)5-19-10(12)18/h1-4,14H,5H2/p-1/b11-4-. The van der Waals surface area contributed by atoms with Crippen LogP contribution < -0.4 is 5.11 Å². The number of benzene rings is 1. The summed E-state index contributed by atoms with van der Waals surface area (Å²) in [6, 6.07) is 3.57. The number of hydrogen-bond acceptors (Lipinski definition) is 7. The second-order valence-corrected chi connectivity index (χ2v) is 5.10. The van der Waals surface area contributed by atoms with Crippen molar-refractivity contribution in [2.75, 3.05) is 5.75 Å². The van der Waals surface area contributed by atoms with Crippen LogP contribution in [0.1, 0.15) is 5.56 Å². The van der Waals surface area contributed by atoms with E-state index in [0.29, 0.717) is 9.88 Å². The maximum atomic E-state index is 11.4. The Morgan fingerprint density at radius 3 is 2.84 bits per heavy atom. The Morgan fingerprint density at radius 2 is 2.26 bits per heavy atom. The number of thioether (sulfide) groups is 1. The maximum absolute atomic E-state index is 11.4. The van der Waals surface area contributed by atoms with Gasteiger partial charge in [-0.05, 0) is 5.75 Å². The van der Waals surface area contributed by atoms with Gasteiger partial charge in [0.2, 0.25) is 0 Å². The van der Waals surface area contributed by atoms with E-state index in [1.165, 1.54) is 24.0 Å². The van der Waals surface area contributed by atoms with Gasteiger partial charge in [-0.3, -0.25) is 14.9 Å². The van der Waals surface area contributed by atoms with Crippen LogP contribution in [0.15, 0.2) is 23.3 Å². The van der Waals surface area contributed by atoms with Crippen molar-refractivity contribution in [1.29, 1.82) is 0 Å². The van der Waals surface area contributed by atoms with E-state index in [-0.39, 0.29) is 11.7 Å². The first-order valence-electron chi connectivity index (χ1n) is 4.98. The average Bonchev–Trinajstić information content (AvgIpc) is 2.68. The first kappa shape index (κ1) is 13.4. The number of thiocarbonyl (C=S) groups is 1. The molecule has 0 bridgehead atoms. The summed E-state index contributed by atoms with van der Waals surface area (Å²) in [7, 11) is 0. The highest BCUT2D eigenvalue weighted by molar-refractivity contribution is 8.23. The molecule has 0 N–H and O–H groups in total. The van der Waals surface area contributed by atoms with Crippen molar-refractivity contribution in [2.45, 2.75) is 0 Å². The smallest absolute Gasteiger partial charge is 0.262 e. The molecule has 0 saturated carbocycles. The lowest BCUT2D eigenvalue weighted by Crippen LogP contribution is -2.22. The van der Waals surface area contributed by atoms with E-state index in [2.05, 4.69) is 5.10 Å². The predicted molar refractivity (Wildman–Crippen MR) is 72.0 cm³/mol. The van der Waals surface area contributed by atoms with Gasteiger partial charge in [0.15, 0.2) is 4.32 Å². The number of carbonyl (C=O) groups excluding carboxylic acids is 1. The molecular formula is C10H6N3O4S2-. The minimum atomic E-state index is -0.763. The van der Waals surface area contributed by atoms with Gasteiger partial charge in [0, 0.05) is 11.6 Å². The quantitative estimate of drug-likeness (QED) is 0.355. The van der Waals surface area contributed by atoms with Gasteiger partial charge < -0.3 is 5.11 Å². The molecule has 0 radical (unpaired) electrons. The van der Waals surface area contributed by atoms with E-state index in [0.717, 1.165) is 17.1 Å². The topological polar surface area (TPSA) is 98.9 Å². The molecule has 1 heterocycles. The number of amides is 1. The van der Waals surface area contributed by atoms with Crippen molar-refractivity contribution in [3.8, 4) is 5.75 Å². The van der Waals surface area contributed by atoms with Crippen molar-refractivity contribution in [3.05, 3.63) is 33.9 Å². The van der Waals surface area contributed by atoms with Crippen molar-refractivity contribution in [1.82, 2.24) is 5.01 Å². The van der Waals surface area contributed by atoms with Crippen LogP contribution in [0.2, 0.25) is 0 Å². The zero-order valence-electron chi connectivity index (χ0n) is 9.31. The molecule has 2 rings (SSSR count). The van der Waals surface area contributed by atoms with E-state index in [4.69, 9.17) is 12.2 Å². The molecule has 1 fully saturated rings. The summed E-state index contributed by atoms with van der Waals surface area (Å²) in [5, 5.41) is 26.7. The molecule has 0 aliphatic carbocycles. The van der Waals surface area contributed by atoms with Gasteiger partial charge in [-0.25, -0.2) is 0 Å². The minimum Gasteiger partial charge on any atom is -0.868 e. The fourth-order valence-electron chi connectivity index (χ4n) is 1.34. The van der Waals surface area contributed by atoms with Gasteiger partial charge in [-0.1, -0.05) is 36.1 Å². The molecule has 1 amide bonds. The van der Waals surface area contributed by atoms with Crippen LogP contribution in [0.4, 0.5) is 5.69 Å². The molecule has 1 saturated heterocycles. The van der Waals surface area contributed by atoms with Gasteiger partial charge in [0.05, 0.1) is 16.9 Å². The molecule has 1 aliphatic heterocycles. The number of rotatable bonds is 3. The van der Waals surface area contributed by atoms with Crippen LogP contribution in [0, 0.1) is 10.1 Å². The fraction of sp³-hybridized carbons (Fsp3) is 0.100. The van der Waals surface area contributed by atoms with Gasteiger partial charge in [-0.2, -0.15) is 10.1 Å². The molecule has 1 aliphatic rings. The second kappa shape index (κ2) is 5.33. The maximum Gasteiger partial charge on any atom is 0.262 e. The van der Waals surface area contributed by atoms with E-state index >= 15 is 0 Å². The SMILES string of the molecule is O=C1CSC(=S)N1/N=C\c1ccc([O-])c([N+](=O)[O-])c1. The number of nitro benzene ring substituents is 1. The first-order chi connectivity index (χ1) is 8.99. The molecule has 0 spiro atoms. The molecule has 19 heavy (non-hydrogen) atoms. The number of hydrazone groups is 1. The summed E-state index contributed by atoms with van der Waals surface area (Å²) in [6.45, 7) is 0. The zero-order valence-corrected chi connectivity index (χ0v) is 10.9. The molecule has 7 nitrogen and oxygen atoms in total. The number of hydrogen-bond donors (Lipinski definition) is 0. The van der Waals surface area contributed by atoms with Crippen LogP contribution in [0.3, 0.4) is 0 Å². The third kappa shape index (κ3) is 2.88. The van der Waals surface area contributed by atoms with E-state index < -0.39 is 16.4 Å². The molecule has 0 aromatic heterocycles. The second-order valence-electron chi connectivity index (χ2n) is 3.49. The van der Waals surface area contributed by atoms with Crippen molar-refractivity contribution < 1.29 is 14.8 Å². The molecule has 1 aromatic carbocycles. The highest BCUT2D eigenvalue weighted by atomic mass is 32.2. The van der Waals surface area contributed by atoms with E-state index in [9.17, 15) is 20.0 Å². The lowest BCUT2D eigenvalue weighted by molar-refractivity contribution is -0.398. The Hall–Kier alpha value is -2.00. The molecular weight excluding hydrogens is 290 g/mol. The number of nitrogens with zero attached hydrogens (tertiary/aromatic N) is 3. The van der Waals surface area contributed by atoms with Crippen molar-refractivity contribution in [2.24, 2.45) is 5.10 Å². The van der Waals surface area contributed by atoms with Gasteiger partial charge in [0.25, 0.3) is 11.6 Å². The Morgan fingerprint density at radius 1 is 1.53 bits per heavy atom. The normalized spacial score (nSPS) is 15.5. The third-order valence-electron chi connectivity index (χ3n) is 2.23. The van der Waals surface area contributed by atoms with Crippen molar-refractivity contribution in [3.63, 3.8) is 0 Å². The van der Waals surface area contributed by atoms with Crippen LogP contribution in [0.25, 0.3) is 0 Å². The van der Waals surface area contributed by atoms with E-state index in [1.54, 1.807) is 0 Å². The molecule has 0 atom stereocenters. The third-order valence-corrected chi connectivity index (χ3v) is 3.57. The van der Waals surface area contributed by atoms with Crippen LogP contribution in [-0.2, 0) is 4.79 Å². The van der Waals surface area contributed by atoms with Crippen molar-refractivity contribution >= 4 is 46.1 Å². The summed E-state index contributed by atoms with van der Waals surface area (Å²) >= 11 is 6.11. The Labute approximate surface area is 117 Å².